The van der Waals surface area contributed by atoms with E-state index in [0.717, 1.165) is 22.6 Å². The molecule has 2 aromatic heterocycles. The fraction of sp³-hybridized carbons (Fsp3) is 0.107. The molecule has 0 spiro atoms. The largest absolute Gasteiger partial charge is 0.493 e. The molecular weight excluding hydrogens is 525 g/mol. The Bertz CT molecular complexity index is 1570. The van der Waals surface area contributed by atoms with Crippen LogP contribution in [0.5, 0.6) is 11.5 Å². The number of methoxy groups -OCH3 is 1. The molecule has 2 N–H and O–H groups in total. The van der Waals surface area contributed by atoms with Gasteiger partial charge in [-0.1, -0.05) is 53.5 Å². The zero-order valence-corrected chi connectivity index (χ0v) is 21.8. The van der Waals surface area contributed by atoms with Crippen molar-refractivity contribution in [2.45, 2.75) is 6.54 Å². The highest BCUT2D eigenvalue weighted by atomic mass is 35.5. The SMILES string of the molecule is COc1cc(-c2nc3cnccn3c2NCc2ccccc2)ccc1OCC(=O)Nc1cc(Cl)cc(Cl)c1. The third kappa shape index (κ3) is 5.82. The Balaban J connectivity index is 1.36. The Morgan fingerprint density at radius 2 is 1.79 bits per heavy atom. The number of benzene rings is 3. The van der Waals surface area contributed by atoms with Crippen LogP contribution in [0.4, 0.5) is 11.5 Å². The number of carbonyl (C=O) groups excluding carboxylic acids is 1. The molecule has 2 heterocycles. The van der Waals surface area contributed by atoms with Crippen LogP contribution in [0.15, 0.2) is 85.3 Å². The number of rotatable bonds is 9. The lowest BCUT2D eigenvalue weighted by Gasteiger charge is -2.13. The maximum Gasteiger partial charge on any atom is 0.262 e. The highest BCUT2D eigenvalue weighted by molar-refractivity contribution is 6.35. The summed E-state index contributed by atoms with van der Waals surface area (Å²) in [5.41, 5.74) is 3.87. The number of hydrogen-bond donors (Lipinski definition) is 2. The molecule has 0 bridgehead atoms. The normalized spacial score (nSPS) is 10.8. The van der Waals surface area contributed by atoms with Gasteiger partial charge < -0.3 is 20.1 Å². The number of ether oxygens (including phenoxy) is 2. The van der Waals surface area contributed by atoms with Gasteiger partial charge in [0.15, 0.2) is 23.8 Å². The van der Waals surface area contributed by atoms with E-state index in [1.54, 1.807) is 43.8 Å². The third-order valence-corrected chi connectivity index (χ3v) is 6.11. The Labute approximate surface area is 229 Å². The second kappa shape index (κ2) is 11.4. The zero-order chi connectivity index (χ0) is 26.5. The number of halogens is 2. The maximum atomic E-state index is 12.4. The number of hydrogen-bond acceptors (Lipinski definition) is 6. The number of amides is 1. The summed E-state index contributed by atoms with van der Waals surface area (Å²) in [4.78, 5) is 21.4. The van der Waals surface area contributed by atoms with Crippen molar-refractivity contribution in [3.63, 3.8) is 0 Å². The van der Waals surface area contributed by atoms with Gasteiger partial charge in [-0.15, -0.1) is 0 Å². The number of carbonyl (C=O) groups is 1. The summed E-state index contributed by atoms with van der Waals surface area (Å²) in [5.74, 6) is 1.33. The lowest BCUT2D eigenvalue weighted by atomic mass is 10.1. The van der Waals surface area contributed by atoms with E-state index < -0.39 is 0 Å². The predicted octanol–water partition coefficient (Wildman–Crippen LogP) is 6.34. The first-order chi connectivity index (χ1) is 18.5. The number of anilines is 2. The first-order valence-electron chi connectivity index (χ1n) is 11.7. The summed E-state index contributed by atoms with van der Waals surface area (Å²) in [7, 11) is 1.54. The molecule has 5 aromatic rings. The van der Waals surface area contributed by atoms with Gasteiger partial charge in [0.25, 0.3) is 5.91 Å². The van der Waals surface area contributed by atoms with Gasteiger partial charge in [0.05, 0.1) is 13.3 Å². The average Bonchev–Trinajstić information content (AvgIpc) is 3.29. The number of fused-ring (bicyclic) bond motifs is 1. The second-order valence-electron chi connectivity index (χ2n) is 8.31. The summed E-state index contributed by atoms with van der Waals surface area (Å²) in [6, 6.07) is 20.4. The molecule has 0 saturated heterocycles. The van der Waals surface area contributed by atoms with E-state index in [2.05, 4.69) is 27.8 Å². The monoisotopic (exact) mass is 547 g/mol. The summed E-state index contributed by atoms with van der Waals surface area (Å²) in [6.07, 6.45) is 5.28. The molecule has 0 unspecified atom stereocenters. The fourth-order valence-corrected chi connectivity index (χ4v) is 4.49. The Morgan fingerprint density at radius 1 is 1.00 bits per heavy atom. The second-order valence-corrected chi connectivity index (χ2v) is 9.19. The van der Waals surface area contributed by atoms with Gasteiger partial charge in [-0.05, 0) is 42.0 Å². The summed E-state index contributed by atoms with van der Waals surface area (Å²) in [5, 5.41) is 7.07. The van der Waals surface area contributed by atoms with Crippen LogP contribution in [0.1, 0.15) is 5.56 Å². The average molecular weight is 548 g/mol. The standard InChI is InChI=1S/C28H23Cl2N5O3/c1-37-24-11-19(7-8-23(24)38-17-26(36)33-22-13-20(29)12-21(30)14-22)27-28(32-15-18-5-3-2-4-6-18)35-10-9-31-16-25(35)34-27/h2-14,16,32H,15,17H2,1H3,(H,33,36). The third-order valence-electron chi connectivity index (χ3n) is 5.68. The van der Waals surface area contributed by atoms with E-state index in [9.17, 15) is 4.79 Å². The quantitative estimate of drug-likeness (QED) is 0.224. The molecule has 0 saturated carbocycles. The molecule has 0 radical (unpaired) electrons. The Kier molecular flexibility index (Phi) is 7.62. The van der Waals surface area contributed by atoms with Crippen LogP contribution in [-0.4, -0.2) is 34.0 Å². The van der Waals surface area contributed by atoms with Crippen LogP contribution in [0, 0.1) is 0 Å². The minimum atomic E-state index is -0.366. The molecule has 192 valence electrons. The summed E-state index contributed by atoms with van der Waals surface area (Å²) in [6.45, 7) is 0.388. The fourth-order valence-electron chi connectivity index (χ4n) is 3.96. The van der Waals surface area contributed by atoms with Gasteiger partial charge in [0.2, 0.25) is 0 Å². The minimum absolute atomic E-state index is 0.232. The van der Waals surface area contributed by atoms with Gasteiger partial charge in [-0.3, -0.25) is 14.2 Å². The van der Waals surface area contributed by atoms with E-state index in [-0.39, 0.29) is 12.5 Å². The van der Waals surface area contributed by atoms with Gasteiger partial charge in [0.1, 0.15) is 11.5 Å². The van der Waals surface area contributed by atoms with Crippen LogP contribution in [0.2, 0.25) is 10.0 Å². The number of imidazole rings is 1. The van der Waals surface area contributed by atoms with Gasteiger partial charge in [-0.25, -0.2) is 4.98 Å². The highest BCUT2D eigenvalue weighted by Crippen LogP contribution is 2.36. The van der Waals surface area contributed by atoms with E-state index in [0.29, 0.717) is 39.4 Å². The molecule has 0 atom stereocenters. The van der Waals surface area contributed by atoms with Gasteiger partial charge >= 0.3 is 0 Å². The number of nitrogens with one attached hydrogen (secondary N) is 2. The number of aromatic nitrogens is 3. The van der Waals surface area contributed by atoms with Crippen molar-refractivity contribution in [3.05, 3.63) is 101 Å². The molecule has 8 nitrogen and oxygen atoms in total. The van der Waals surface area contributed by atoms with Gasteiger partial charge in [-0.2, -0.15) is 0 Å². The van der Waals surface area contributed by atoms with Crippen LogP contribution in [0.25, 0.3) is 16.9 Å². The molecule has 5 rings (SSSR count). The van der Waals surface area contributed by atoms with E-state index >= 15 is 0 Å². The smallest absolute Gasteiger partial charge is 0.262 e. The highest BCUT2D eigenvalue weighted by Gasteiger charge is 2.17. The first kappa shape index (κ1) is 25.4. The number of nitrogens with zero attached hydrogens (tertiary/aromatic N) is 3. The van der Waals surface area contributed by atoms with E-state index in [1.807, 2.05) is 40.9 Å². The topological polar surface area (TPSA) is 89.8 Å². The van der Waals surface area contributed by atoms with Crippen molar-refractivity contribution in [2.24, 2.45) is 0 Å². The minimum Gasteiger partial charge on any atom is -0.493 e. The maximum absolute atomic E-state index is 12.4. The van der Waals surface area contributed by atoms with Crippen LogP contribution < -0.4 is 20.1 Å². The summed E-state index contributed by atoms with van der Waals surface area (Å²) < 4.78 is 13.3. The van der Waals surface area contributed by atoms with E-state index in [1.165, 1.54) is 0 Å². The van der Waals surface area contributed by atoms with Crippen molar-refractivity contribution >= 4 is 46.3 Å². The Morgan fingerprint density at radius 3 is 2.55 bits per heavy atom. The van der Waals surface area contributed by atoms with Crippen LogP contribution >= 0.6 is 23.2 Å². The molecule has 0 fully saturated rings. The molecule has 10 heteroatoms. The van der Waals surface area contributed by atoms with Crippen molar-refractivity contribution in [1.82, 2.24) is 14.4 Å². The van der Waals surface area contributed by atoms with Crippen LogP contribution in [0.3, 0.4) is 0 Å². The van der Waals surface area contributed by atoms with E-state index in [4.69, 9.17) is 37.7 Å². The molecule has 0 aliphatic carbocycles. The Hall–Kier alpha value is -4.27. The van der Waals surface area contributed by atoms with Crippen molar-refractivity contribution in [3.8, 4) is 22.8 Å². The lowest BCUT2D eigenvalue weighted by Crippen LogP contribution is -2.20. The summed E-state index contributed by atoms with van der Waals surface area (Å²) >= 11 is 12.0. The molecule has 0 aliphatic rings. The zero-order valence-electron chi connectivity index (χ0n) is 20.3. The molecule has 38 heavy (non-hydrogen) atoms. The molecular formula is C28H23Cl2N5O3. The van der Waals surface area contributed by atoms with Crippen molar-refractivity contribution < 1.29 is 14.3 Å². The lowest BCUT2D eigenvalue weighted by molar-refractivity contribution is -0.118. The first-order valence-corrected chi connectivity index (χ1v) is 12.4. The van der Waals surface area contributed by atoms with Crippen molar-refractivity contribution in [2.75, 3.05) is 24.4 Å². The van der Waals surface area contributed by atoms with Crippen LogP contribution in [-0.2, 0) is 11.3 Å². The van der Waals surface area contributed by atoms with Gasteiger partial charge in [0, 0.05) is 40.2 Å². The van der Waals surface area contributed by atoms with Crippen molar-refractivity contribution in [1.29, 1.82) is 0 Å². The molecule has 3 aromatic carbocycles. The molecule has 0 aliphatic heterocycles. The predicted molar refractivity (Wildman–Crippen MR) is 149 cm³/mol. The molecule has 1 amide bonds.